The van der Waals surface area contributed by atoms with E-state index in [2.05, 4.69) is 4.98 Å². The molecule has 2 aromatic rings. The Morgan fingerprint density at radius 2 is 2.29 bits per heavy atom. The minimum atomic E-state index is -0.921. The largest absolute Gasteiger partial charge is 0.481 e. The Morgan fingerprint density at radius 3 is 2.90 bits per heavy atom. The number of aliphatic carboxylic acids is 1. The molecule has 0 radical (unpaired) electrons. The number of halogens is 1. The fraction of sp³-hybridized carbons (Fsp3) is 0.167. The maximum absolute atomic E-state index is 10.6. The van der Waals surface area contributed by atoms with Gasteiger partial charge in [0.2, 0.25) is 0 Å². The third kappa shape index (κ3) is 4.42. The standard InChI is InChI=1S/C12H9ClN2O4S2/c13-10-4-9(15(18)19)2-1-7(10)5-20-12-14-8(6-21-12)3-11(16)17/h1-2,4,6H,3,5H2,(H,16,17). The predicted octanol–water partition coefficient (Wildman–Crippen LogP) is 3.62. The van der Waals surface area contributed by atoms with Crippen molar-refractivity contribution in [3.63, 3.8) is 0 Å². The summed E-state index contributed by atoms with van der Waals surface area (Å²) in [5.74, 6) is -0.410. The van der Waals surface area contributed by atoms with Crippen LogP contribution in [-0.2, 0) is 17.0 Å². The average Bonchev–Trinajstić information content (AvgIpc) is 2.83. The molecular weight excluding hydrogens is 336 g/mol. The summed E-state index contributed by atoms with van der Waals surface area (Å²) in [6.45, 7) is 0. The van der Waals surface area contributed by atoms with Crippen molar-refractivity contribution in [1.82, 2.24) is 4.98 Å². The summed E-state index contributed by atoms with van der Waals surface area (Å²) in [6.07, 6.45) is -0.102. The van der Waals surface area contributed by atoms with E-state index in [-0.39, 0.29) is 12.1 Å². The second kappa shape index (κ2) is 6.88. The van der Waals surface area contributed by atoms with Crippen LogP contribution in [0.3, 0.4) is 0 Å². The number of thiazole rings is 1. The molecule has 1 aromatic carbocycles. The molecule has 0 spiro atoms. The highest BCUT2D eigenvalue weighted by Gasteiger charge is 2.11. The number of carbonyl (C=O) groups is 1. The molecule has 2 rings (SSSR count). The van der Waals surface area contributed by atoms with Gasteiger partial charge in [-0.15, -0.1) is 11.3 Å². The van der Waals surface area contributed by atoms with Crippen LogP contribution < -0.4 is 0 Å². The van der Waals surface area contributed by atoms with Crippen LogP contribution in [0.2, 0.25) is 5.02 Å². The Kier molecular flexibility index (Phi) is 5.16. The fourth-order valence-corrected chi connectivity index (χ4v) is 3.67. The van der Waals surface area contributed by atoms with Crippen molar-refractivity contribution in [1.29, 1.82) is 0 Å². The summed E-state index contributed by atoms with van der Waals surface area (Å²) in [4.78, 5) is 24.9. The Bertz CT molecular complexity index is 690. The number of thioether (sulfide) groups is 1. The van der Waals surface area contributed by atoms with E-state index in [1.54, 1.807) is 11.4 Å². The molecule has 0 atom stereocenters. The molecule has 0 amide bonds. The van der Waals surface area contributed by atoms with Gasteiger partial charge in [-0.2, -0.15) is 0 Å². The second-order valence-electron chi connectivity index (χ2n) is 4.00. The SMILES string of the molecule is O=C(O)Cc1csc(SCc2ccc([N+](=O)[O-])cc2Cl)n1. The Hall–Kier alpha value is -1.64. The van der Waals surface area contributed by atoms with Crippen LogP contribution >= 0.6 is 34.7 Å². The highest BCUT2D eigenvalue weighted by molar-refractivity contribution is 8.00. The molecule has 9 heteroatoms. The van der Waals surface area contributed by atoms with E-state index >= 15 is 0 Å². The summed E-state index contributed by atoms with van der Waals surface area (Å²) < 4.78 is 0.737. The van der Waals surface area contributed by atoms with Crippen molar-refractivity contribution in [3.05, 3.63) is 50.0 Å². The number of hydrogen-bond acceptors (Lipinski definition) is 6. The number of nitro groups is 1. The second-order valence-corrected chi connectivity index (χ2v) is 6.48. The molecule has 0 aliphatic rings. The summed E-state index contributed by atoms with van der Waals surface area (Å²) in [6, 6.07) is 4.33. The highest BCUT2D eigenvalue weighted by atomic mass is 35.5. The minimum Gasteiger partial charge on any atom is -0.481 e. The fourth-order valence-electron chi connectivity index (χ4n) is 1.50. The topological polar surface area (TPSA) is 93.3 Å². The van der Waals surface area contributed by atoms with Gasteiger partial charge in [0.25, 0.3) is 5.69 Å². The first-order valence-corrected chi connectivity index (χ1v) is 7.92. The van der Waals surface area contributed by atoms with Gasteiger partial charge in [-0.3, -0.25) is 14.9 Å². The molecule has 6 nitrogen and oxygen atoms in total. The number of nitrogens with zero attached hydrogens (tertiary/aromatic N) is 2. The molecule has 1 N–H and O–H groups in total. The smallest absolute Gasteiger partial charge is 0.309 e. The molecule has 0 aliphatic heterocycles. The minimum absolute atomic E-state index is 0.0493. The van der Waals surface area contributed by atoms with Gasteiger partial charge in [-0.1, -0.05) is 23.4 Å². The lowest BCUT2D eigenvalue weighted by molar-refractivity contribution is -0.384. The van der Waals surface area contributed by atoms with E-state index in [0.717, 1.165) is 9.90 Å². The van der Waals surface area contributed by atoms with E-state index < -0.39 is 10.9 Å². The normalized spacial score (nSPS) is 10.5. The molecular formula is C12H9ClN2O4S2. The van der Waals surface area contributed by atoms with Gasteiger partial charge in [0.15, 0.2) is 0 Å². The lowest BCUT2D eigenvalue weighted by atomic mass is 10.2. The van der Waals surface area contributed by atoms with E-state index in [1.807, 2.05) is 0 Å². The van der Waals surface area contributed by atoms with Crippen LogP contribution in [0.5, 0.6) is 0 Å². The predicted molar refractivity (Wildman–Crippen MR) is 81.1 cm³/mol. The number of carboxylic acids is 1. The van der Waals surface area contributed by atoms with Gasteiger partial charge in [0, 0.05) is 23.3 Å². The summed E-state index contributed by atoms with van der Waals surface area (Å²) >= 11 is 8.77. The number of non-ortho nitro benzene ring substituents is 1. The van der Waals surface area contributed by atoms with E-state index in [4.69, 9.17) is 16.7 Å². The zero-order valence-electron chi connectivity index (χ0n) is 10.5. The van der Waals surface area contributed by atoms with Crippen molar-refractivity contribution >= 4 is 46.4 Å². The van der Waals surface area contributed by atoms with E-state index in [1.165, 1.54) is 35.2 Å². The molecule has 0 aliphatic carbocycles. The van der Waals surface area contributed by atoms with Gasteiger partial charge >= 0.3 is 5.97 Å². The van der Waals surface area contributed by atoms with Crippen LogP contribution in [0, 0.1) is 10.1 Å². The van der Waals surface area contributed by atoms with Crippen LogP contribution in [0.1, 0.15) is 11.3 Å². The molecule has 0 saturated heterocycles. The van der Waals surface area contributed by atoms with E-state index in [9.17, 15) is 14.9 Å². The lowest BCUT2D eigenvalue weighted by Crippen LogP contribution is -1.99. The number of nitro benzene ring substituents is 1. The number of carboxylic acid groups (broad SMARTS) is 1. The monoisotopic (exact) mass is 344 g/mol. The van der Waals surface area contributed by atoms with Crippen LogP contribution in [0.4, 0.5) is 5.69 Å². The van der Waals surface area contributed by atoms with Crippen molar-refractivity contribution in [2.75, 3.05) is 0 Å². The van der Waals surface area contributed by atoms with Gasteiger partial charge in [-0.25, -0.2) is 4.98 Å². The Morgan fingerprint density at radius 1 is 1.52 bits per heavy atom. The quantitative estimate of drug-likeness (QED) is 0.488. The van der Waals surface area contributed by atoms with Gasteiger partial charge in [0.05, 0.1) is 22.1 Å². The molecule has 0 unspecified atom stereocenters. The number of hydrogen-bond donors (Lipinski definition) is 1. The first-order chi connectivity index (χ1) is 9.95. The van der Waals surface area contributed by atoms with Gasteiger partial charge in [0.1, 0.15) is 4.34 Å². The van der Waals surface area contributed by atoms with Crippen molar-refractivity contribution in [2.45, 2.75) is 16.5 Å². The van der Waals surface area contributed by atoms with Gasteiger partial charge in [-0.05, 0) is 11.6 Å². The zero-order chi connectivity index (χ0) is 15.4. The molecule has 110 valence electrons. The van der Waals surface area contributed by atoms with Crippen molar-refractivity contribution < 1.29 is 14.8 Å². The third-order valence-corrected chi connectivity index (χ3v) is 4.93. The van der Waals surface area contributed by atoms with E-state index in [0.29, 0.717) is 16.5 Å². The molecule has 0 bridgehead atoms. The highest BCUT2D eigenvalue weighted by Crippen LogP contribution is 2.30. The summed E-state index contributed by atoms with van der Waals surface area (Å²) in [5, 5.41) is 21.3. The zero-order valence-corrected chi connectivity index (χ0v) is 12.9. The van der Waals surface area contributed by atoms with Crippen LogP contribution in [0.25, 0.3) is 0 Å². The van der Waals surface area contributed by atoms with Gasteiger partial charge < -0.3 is 5.11 Å². The van der Waals surface area contributed by atoms with Crippen molar-refractivity contribution in [2.24, 2.45) is 0 Å². The third-order valence-electron chi connectivity index (χ3n) is 2.46. The first-order valence-electron chi connectivity index (χ1n) is 5.67. The first kappa shape index (κ1) is 15.7. The molecule has 21 heavy (non-hydrogen) atoms. The molecule has 1 heterocycles. The lowest BCUT2D eigenvalue weighted by Gasteiger charge is -2.02. The maximum Gasteiger partial charge on any atom is 0.309 e. The Balaban J connectivity index is 2.01. The van der Waals surface area contributed by atoms with Crippen molar-refractivity contribution in [3.8, 4) is 0 Å². The molecule has 0 fully saturated rings. The Labute approximate surface area is 132 Å². The number of rotatable bonds is 6. The average molecular weight is 345 g/mol. The number of aromatic nitrogens is 1. The maximum atomic E-state index is 10.6. The molecule has 1 aromatic heterocycles. The number of benzene rings is 1. The summed E-state index contributed by atoms with van der Waals surface area (Å²) in [5.41, 5.74) is 1.23. The molecule has 0 saturated carbocycles. The van der Waals surface area contributed by atoms with Crippen LogP contribution in [-0.4, -0.2) is 21.0 Å². The van der Waals surface area contributed by atoms with Crippen LogP contribution in [0.15, 0.2) is 27.9 Å². The summed E-state index contributed by atoms with van der Waals surface area (Å²) in [7, 11) is 0.